The Morgan fingerprint density at radius 2 is 1.77 bits per heavy atom. The summed E-state index contributed by atoms with van der Waals surface area (Å²) in [6.07, 6.45) is -0.316. The van der Waals surface area contributed by atoms with Gasteiger partial charge in [-0.05, 0) is 49.6 Å². The fourth-order valence-corrected chi connectivity index (χ4v) is 3.67. The molecule has 1 aliphatic rings. The second kappa shape index (κ2) is 9.96. The van der Waals surface area contributed by atoms with Crippen LogP contribution in [0.2, 0.25) is 0 Å². The predicted molar refractivity (Wildman–Crippen MR) is 113 cm³/mol. The van der Waals surface area contributed by atoms with Crippen molar-refractivity contribution in [3.8, 4) is 0 Å². The van der Waals surface area contributed by atoms with E-state index in [-0.39, 0.29) is 24.4 Å². The Bertz CT molecular complexity index is 924. The van der Waals surface area contributed by atoms with Gasteiger partial charge in [-0.2, -0.15) is 13.2 Å². The maximum absolute atomic E-state index is 12.9. The van der Waals surface area contributed by atoms with Gasteiger partial charge in [0.1, 0.15) is 0 Å². The van der Waals surface area contributed by atoms with Crippen LogP contribution in [-0.2, 0) is 11.0 Å². The normalized spacial score (nSPS) is 15.5. The van der Waals surface area contributed by atoms with Gasteiger partial charge in [-0.25, -0.2) is 0 Å². The molecule has 1 atom stereocenters. The molecule has 0 aliphatic heterocycles. The van der Waals surface area contributed by atoms with E-state index in [2.05, 4.69) is 16.0 Å². The predicted octanol–water partition coefficient (Wildman–Crippen LogP) is 4.67. The average Bonchev–Trinajstić information content (AvgIpc) is 3.25. The molecule has 2 amide bonds. The molecule has 0 radical (unpaired) electrons. The van der Waals surface area contributed by atoms with Crippen molar-refractivity contribution in [3.63, 3.8) is 0 Å². The number of nitrogens with one attached hydrogen (secondary N) is 3. The van der Waals surface area contributed by atoms with Crippen molar-refractivity contribution in [2.24, 2.45) is 0 Å². The van der Waals surface area contributed by atoms with Crippen LogP contribution in [0.25, 0.3) is 0 Å². The number of amides is 2. The van der Waals surface area contributed by atoms with Crippen molar-refractivity contribution in [2.75, 3.05) is 11.9 Å². The van der Waals surface area contributed by atoms with Gasteiger partial charge in [0.15, 0.2) is 0 Å². The minimum absolute atomic E-state index is 0.115. The summed E-state index contributed by atoms with van der Waals surface area (Å²) in [4.78, 5) is 25.0. The summed E-state index contributed by atoms with van der Waals surface area (Å²) in [5.41, 5.74) is 0.481. The van der Waals surface area contributed by atoms with Crippen molar-refractivity contribution in [3.05, 3.63) is 65.2 Å². The zero-order chi connectivity index (χ0) is 22.4. The van der Waals surface area contributed by atoms with Crippen molar-refractivity contribution in [2.45, 2.75) is 50.9 Å². The summed E-state index contributed by atoms with van der Waals surface area (Å²) in [5.74, 6) is -0.618. The van der Waals surface area contributed by atoms with Crippen LogP contribution in [-0.4, -0.2) is 24.4 Å². The van der Waals surface area contributed by atoms with Crippen molar-refractivity contribution in [1.82, 2.24) is 10.6 Å². The molecule has 8 heteroatoms. The zero-order valence-electron chi connectivity index (χ0n) is 17.3. The number of hydrogen-bond donors (Lipinski definition) is 3. The second-order valence-corrected chi connectivity index (χ2v) is 7.77. The van der Waals surface area contributed by atoms with Gasteiger partial charge in [-0.1, -0.05) is 37.1 Å². The number of rotatable bonds is 7. The van der Waals surface area contributed by atoms with E-state index in [1.165, 1.54) is 6.07 Å². The Morgan fingerprint density at radius 1 is 1.06 bits per heavy atom. The first-order chi connectivity index (χ1) is 14.7. The molecule has 0 saturated heterocycles. The first-order valence-electron chi connectivity index (χ1n) is 10.3. The smallest absolute Gasteiger partial charge is 0.349 e. The summed E-state index contributed by atoms with van der Waals surface area (Å²) in [6.45, 7) is 1.57. The quantitative estimate of drug-likeness (QED) is 0.595. The lowest BCUT2D eigenvalue weighted by Crippen LogP contribution is -2.34. The van der Waals surface area contributed by atoms with Gasteiger partial charge in [0, 0.05) is 12.1 Å². The van der Waals surface area contributed by atoms with Crippen LogP contribution in [0.15, 0.2) is 48.5 Å². The highest BCUT2D eigenvalue weighted by Crippen LogP contribution is 2.30. The lowest BCUT2D eigenvalue weighted by molar-refractivity contribution is -0.137. The SMILES string of the molecule is CC(NCC(=O)Nc1ccccc1C(=O)NC1CCCC1)c1cccc(C(F)(F)F)c1. The van der Waals surface area contributed by atoms with Gasteiger partial charge >= 0.3 is 6.18 Å². The van der Waals surface area contributed by atoms with E-state index in [1.807, 2.05) is 0 Å². The number of carbonyl (C=O) groups is 2. The molecule has 3 N–H and O–H groups in total. The van der Waals surface area contributed by atoms with Gasteiger partial charge in [-0.3, -0.25) is 9.59 Å². The third kappa shape index (κ3) is 6.30. The number of anilines is 1. The molecule has 1 aliphatic carbocycles. The maximum Gasteiger partial charge on any atom is 0.416 e. The van der Waals surface area contributed by atoms with Crippen molar-refractivity contribution >= 4 is 17.5 Å². The summed E-state index contributed by atoms with van der Waals surface area (Å²) < 4.78 is 38.7. The number of halogens is 3. The largest absolute Gasteiger partial charge is 0.416 e. The first-order valence-corrected chi connectivity index (χ1v) is 10.3. The van der Waals surface area contributed by atoms with E-state index in [1.54, 1.807) is 37.3 Å². The molecule has 0 aromatic heterocycles. The van der Waals surface area contributed by atoms with Crippen LogP contribution in [0.1, 0.15) is 60.1 Å². The molecule has 1 fully saturated rings. The van der Waals surface area contributed by atoms with Gasteiger partial charge in [-0.15, -0.1) is 0 Å². The Balaban J connectivity index is 1.58. The minimum Gasteiger partial charge on any atom is -0.349 e. The van der Waals surface area contributed by atoms with Crippen LogP contribution in [0, 0.1) is 0 Å². The van der Waals surface area contributed by atoms with Crippen LogP contribution in [0.3, 0.4) is 0 Å². The van der Waals surface area contributed by atoms with Gasteiger partial charge < -0.3 is 16.0 Å². The minimum atomic E-state index is -4.42. The third-order valence-corrected chi connectivity index (χ3v) is 5.42. The summed E-state index contributed by atoms with van der Waals surface area (Å²) in [7, 11) is 0. The van der Waals surface area contributed by atoms with Crippen LogP contribution in [0.5, 0.6) is 0 Å². The fraction of sp³-hybridized carbons (Fsp3) is 0.391. The number of carbonyl (C=O) groups excluding carboxylic acids is 2. The molecule has 2 aromatic carbocycles. The van der Waals surface area contributed by atoms with E-state index < -0.39 is 17.8 Å². The Morgan fingerprint density at radius 3 is 2.48 bits per heavy atom. The van der Waals surface area contributed by atoms with Crippen LogP contribution in [0.4, 0.5) is 18.9 Å². The standard InChI is InChI=1S/C23H26F3N3O2/c1-15(16-7-6-8-17(13-16)23(24,25)26)27-14-21(30)29-20-12-5-4-11-19(20)22(31)28-18-9-2-3-10-18/h4-8,11-13,15,18,27H,2-3,9-10,14H2,1H3,(H,28,31)(H,29,30). The van der Waals surface area contributed by atoms with E-state index >= 15 is 0 Å². The molecule has 166 valence electrons. The summed E-state index contributed by atoms with van der Waals surface area (Å²) in [5, 5.41) is 8.64. The highest BCUT2D eigenvalue weighted by atomic mass is 19.4. The van der Waals surface area contributed by atoms with E-state index in [4.69, 9.17) is 0 Å². The average molecular weight is 433 g/mol. The number of benzene rings is 2. The van der Waals surface area contributed by atoms with Crippen molar-refractivity contribution in [1.29, 1.82) is 0 Å². The summed E-state index contributed by atoms with van der Waals surface area (Å²) >= 11 is 0. The Labute approximate surface area is 179 Å². The number of alkyl halides is 3. The Hall–Kier alpha value is -2.87. The first kappa shape index (κ1) is 22.8. The lowest BCUT2D eigenvalue weighted by Gasteiger charge is -2.17. The number of para-hydroxylation sites is 1. The Kier molecular flexibility index (Phi) is 7.33. The fourth-order valence-electron chi connectivity index (χ4n) is 3.67. The van der Waals surface area contributed by atoms with Gasteiger partial charge in [0.2, 0.25) is 5.91 Å². The monoisotopic (exact) mass is 433 g/mol. The highest BCUT2D eigenvalue weighted by Gasteiger charge is 2.30. The van der Waals surface area contributed by atoms with E-state index in [0.29, 0.717) is 16.8 Å². The highest BCUT2D eigenvalue weighted by molar-refractivity contribution is 6.04. The molecule has 5 nitrogen and oxygen atoms in total. The lowest BCUT2D eigenvalue weighted by atomic mass is 10.0. The molecule has 0 heterocycles. The molecule has 1 unspecified atom stereocenters. The van der Waals surface area contributed by atoms with Gasteiger partial charge in [0.25, 0.3) is 5.91 Å². The zero-order valence-corrected chi connectivity index (χ0v) is 17.3. The number of hydrogen-bond acceptors (Lipinski definition) is 3. The van der Waals surface area contributed by atoms with Gasteiger partial charge in [0.05, 0.1) is 23.4 Å². The van der Waals surface area contributed by atoms with Crippen molar-refractivity contribution < 1.29 is 22.8 Å². The van der Waals surface area contributed by atoms with Crippen LogP contribution < -0.4 is 16.0 Å². The second-order valence-electron chi connectivity index (χ2n) is 7.77. The third-order valence-electron chi connectivity index (χ3n) is 5.42. The molecule has 1 saturated carbocycles. The molecular weight excluding hydrogens is 407 g/mol. The molecule has 3 rings (SSSR count). The van der Waals surface area contributed by atoms with Crippen LogP contribution >= 0.6 is 0 Å². The van der Waals surface area contributed by atoms with E-state index in [0.717, 1.165) is 37.8 Å². The molecule has 0 spiro atoms. The maximum atomic E-state index is 12.9. The molecule has 2 aromatic rings. The molecule has 0 bridgehead atoms. The summed E-state index contributed by atoms with van der Waals surface area (Å²) in [6, 6.07) is 11.4. The topological polar surface area (TPSA) is 70.2 Å². The van der Waals surface area contributed by atoms with E-state index in [9.17, 15) is 22.8 Å². The molecular formula is C23H26F3N3O2. The molecule has 31 heavy (non-hydrogen) atoms.